The number of carbonyl (C=O) groups is 1. The van der Waals surface area contributed by atoms with E-state index in [0.29, 0.717) is 11.7 Å². The van der Waals surface area contributed by atoms with Gasteiger partial charge in [0.05, 0.1) is 6.61 Å². The first-order valence-corrected chi connectivity index (χ1v) is 10.6. The van der Waals surface area contributed by atoms with E-state index in [9.17, 15) is 4.79 Å². The number of ketones is 1. The predicted molar refractivity (Wildman–Crippen MR) is 112 cm³/mol. The van der Waals surface area contributed by atoms with E-state index < -0.39 is 0 Å². The van der Waals surface area contributed by atoms with Gasteiger partial charge >= 0.3 is 0 Å². The average molecular weight is 365 g/mol. The molecule has 0 aliphatic heterocycles. The van der Waals surface area contributed by atoms with Crippen molar-refractivity contribution in [2.75, 3.05) is 6.61 Å². The SMILES string of the molecule is CCCC[C@H]1CC[C@H](c2ccc(-c3ccc(OCCC)cc3)cc2)C(=O)C1. The molecule has 0 aromatic heterocycles. The third-order valence-corrected chi connectivity index (χ3v) is 5.68. The molecule has 2 atom stereocenters. The first kappa shape index (κ1) is 19.7. The third-order valence-electron chi connectivity index (χ3n) is 5.68. The van der Waals surface area contributed by atoms with Crippen LogP contribution in [0, 0.1) is 5.92 Å². The van der Waals surface area contributed by atoms with Gasteiger partial charge in [0.2, 0.25) is 0 Å². The molecular formula is C25H32O2. The van der Waals surface area contributed by atoms with Crippen molar-refractivity contribution in [3.63, 3.8) is 0 Å². The lowest BCUT2D eigenvalue weighted by Gasteiger charge is -2.27. The van der Waals surface area contributed by atoms with Crippen molar-refractivity contribution < 1.29 is 9.53 Å². The highest BCUT2D eigenvalue weighted by Crippen LogP contribution is 2.36. The molecule has 0 heterocycles. The first-order chi connectivity index (χ1) is 13.2. The van der Waals surface area contributed by atoms with E-state index in [1.54, 1.807) is 0 Å². The van der Waals surface area contributed by atoms with E-state index in [1.807, 2.05) is 12.1 Å². The van der Waals surface area contributed by atoms with E-state index >= 15 is 0 Å². The summed E-state index contributed by atoms with van der Waals surface area (Å²) in [5, 5.41) is 0. The lowest BCUT2D eigenvalue weighted by atomic mass is 9.76. The van der Waals surface area contributed by atoms with E-state index in [-0.39, 0.29) is 5.92 Å². The largest absolute Gasteiger partial charge is 0.494 e. The van der Waals surface area contributed by atoms with Gasteiger partial charge in [-0.15, -0.1) is 0 Å². The first-order valence-electron chi connectivity index (χ1n) is 10.6. The fourth-order valence-electron chi connectivity index (χ4n) is 4.06. The highest BCUT2D eigenvalue weighted by atomic mass is 16.5. The van der Waals surface area contributed by atoms with E-state index in [4.69, 9.17) is 4.74 Å². The molecule has 1 aliphatic carbocycles. The molecule has 0 radical (unpaired) electrons. The molecule has 2 aromatic rings. The highest BCUT2D eigenvalue weighted by molar-refractivity contribution is 5.86. The van der Waals surface area contributed by atoms with Gasteiger partial charge in [0.25, 0.3) is 0 Å². The normalized spacial score (nSPS) is 19.9. The summed E-state index contributed by atoms with van der Waals surface area (Å²) in [6, 6.07) is 16.8. The Balaban J connectivity index is 1.62. The summed E-state index contributed by atoms with van der Waals surface area (Å²) >= 11 is 0. The van der Waals surface area contributed by atoms with Crippen molar-refractivity contribution in [2.45, 2.75) is 64.7 Å². The van der Waals surface area contributed by atoms with Crippen molar-refractivity contribution in [3.8, 4) is 16.9 Å². The molecular weight excluding hydrogens is 332 g/mol. The average Bonchev–Trinajstić information content (AvgIpc) is 2.71. The Bertz CT molecular complexity index is 715. The standard InChI is InChI=1S/C25H32O2/c1-3-5-6-19-7-16-24(25(26)18-19)22-10-8-20(9-11-22)21-12-14-23(15-13-21)27-17-4-2/h8-15,19,24H,3-7,16-18H2,1-2H3/t19-,24+/m0/s1. The van der Waals surface area contributed by atoms with Gasteiger partial charge in [0, 0.05) is 12.3 Å². The molecule has 1 fully saturated rings. The molecule has 2 aromatic carbocycles. The number of Topliss-reactive ketones (excluding diaryl/α,β-unsaturated/α-hetero) is 1. The zero-order chi connectivity index (χ0) is 19.1. The maximum absolute atomic E-state index is 12.6. The van der Waals surface area contributed by atoms with Gasteiger partial charge in [-0.2, -0.15) is 0 Å². The van der Waals surface area contributed by atoms with E-state index in [1.165, 1.54) is 42.4 Å². The molecule has 1 saturated carbocycles. The predicted octanol–water partition coefficient (Wildman–Crippen LogP) is 6.79. The van der Waals surface area contributed by atoms with E-state index in [0.717, 1.165) is 31.6 Å². The minimum absolute atomic E-state index is 0.0988. The molecule has 0 bridgehead atoms. The van der Waals surface area contributed by atoms with Crippen LogP contribution in [0.3, 0.4) is 0 Å². The van der Waals surface area contributed by atoms with Crippen LogP contribution in [-0.2, 0) is 4.79 Å². The Kier molecular flexibility index (Phi) is 7.09. The van der Waals surface area contributed by atoms with Crippen molar-refractivity contribution in [1.29, 1.82) is 0 Å². The van der Waals surface area contributed by atoms with Gasteiger partial charge in [0.1, 0.15) is 11.5 Å². The minimum atomic E-state index is 0.0988. The topological polar surface area (TPSA) is 26.3 Å². The monoisotopic (exact) mass is 364 g/mol. The van der Waals surface area contributed by atoms with Crippen LogP contribution in [-0.4, -0.2) is 12.4 Å². The summed E-state index contributed by atoms with van der Waals surface area (Å²) in [6.45, 7) is 5.09. The lowest BCUT2D eigenvalue weighted by molar-refractivity contribution is -0.123. The van der Waals surface area contributed by atoms with Crippen LogP contribution in [0.4, 0.5) is 0 Å². The molecule has 0 N–H and O–H groups in total. The Morgan fingerprint density at radius 1 is 0.889 bits per heavy atom. The van der Waals surface area contributed by atoms with Crippen LogP contribution >= 0.6 is 0 Å². The van der Waals surface area contributed by atoms with Crippen LogP contribution in [0.15, 0.2) is 48.5 Å². The maximum Gasteiger partial charge on any atom is 0.140 e. The summed E-state index contributed by atoms with van der Waals surface area (Å²) in [5.74, 6) is 2.07. The number of ether oxygens (including phenoxy) is 1. The molecule has 0 unspecified atom stereocenters. The molecule has 144 valence electrons. The molecule has 27 heavy (non-hydrogen) atoms. The molecule has 2 nitrogen and oxygen atoms in total. The van der Waals surface area contributed by atoms with Gasteiger partial charge in [-0.1, -0.05) is 69.5 Å². The van der Waals surface area contributed by atoms with E-state index in [2.05, 4.69) is 50.2 Å². The lowest BCUT2D eigenvalue weighted by Crippen LogP contribution is -2.23. The molecule has 3 rings (SSSR count). The summed E-state index contributed by atoms with van der Waals surface area (Å²) in [6.07, 6.45) is 7.67. The number of rotatable bonds is 8. The molecule has 0 saturated heterocycles. The van der Waals surface area contributed by atoms with Crippen LogP contribution in [0.2, 0.25) is 0 Å². The van der Waals surface area contributed by atoms with Crippen molar-refractivity contribution >= 4 is 5.78 Å². The summed E-state index contributed by atoms with van der Waals surface area (Å²) in [5.41, 5.74) is 3.55. The Morgan fingerprint density at radius 3 is 2.15 bits per heavy atom. The van der Waals surface area contributed by atoms with Crippen molar-refractivity contribution in [3.05, 3.63) is 54.1 Å². The maximum atomic E-state index is 12.6. The van der Waals surface area contributed by atoms with Crippen molar-refractivity contribution in [2.24, 2.45) is 5.92 Å². The summed E-state index contributed by atoms with van der Waals surface area (Å²) in [7, 11) is 0. The van der Waals surface area contributed by atoms with Gasteiger partial charge in [-0.25, -0.2) is 0 Å². The third kappa shape index (κ3) is 5.22. The summed E-state index contributed by atoms with van der Waals surface area (Å²) < 4.78 is 5.65. The molecule has 2 heteroatoms. The fraction of sp³-hybridized carbons (Fsp3) is 0.480. The number of unbranched alkanes of at least 4 members (excludes halogenated alkanes) is 1. The number of hydrogen-bond acceptors (Lipinski definition) is 2. The zero-order valence-corrected chi connectivity index (χ0v) is 16.7. The Hall–Kier alpha value is -2.09. The minimum Gasteiger partial charge on any atom is -0.494 e. The number of hydrogen-bond donors (Lipinski definition) is 0. The number of benzene rings is 2. The second kappa shape index (κ2) is 9.73. The van der Waals surface area contributed by atoms with Crippen LogP contribution in [0.25, 0.3) is 11.1 Å². The second-order valence-electron chi connectivity index (χ2n) is 7.80. The fourth-order valence-corrected chi connectivity index (χ4v) is 4.06. The number of carbonyl (C=O) groups excluding carboxylic acids is 1. The molecule has 1 aliphatic rings. The van der Waals surface area contributed by atoms with Crippen LogP contribution in [0.5, 0.6) is 5.75 Å². The van der Waals surface area contributed by atoms with Crippen molar-refractivity contribution in [1.82, 2.24) is 0 Å². The Labute approximate surface area is 164 Å². The van der Waals surface area contributed by atoms with Crippen LogP contribution < -0.4 is 4.74 Å². The zero-order valence-electron chi connectivity index (χ0n) is 16.7. The quantitative estimate of drug-likeness (QED) is 0.516. The second-order valence-corrected chi connectivity index (χ2v) is 7.80. The van der Waals surface area contributed by atoms with Gasteiger partial charge < -0.3 is 4.74 Å². The van der Waals surface area contributed by atoms with Crippen LogP contribution in [0.1, 0.15) is 70.3 Å². The molecule has 0 spiro atoms. The smallest absolute Gasteiger partial charge is 0.140 e. The van der Waals surface area contributed by atoms with Gasteiger partial charge in [0.15, 0.2) is 0 Å². The highest BCUT2D eigenvalue weighted by Gasteiger charge is 2.29. The summed E-state index contributed by atoms with van der Waals surface area (Å²) in [4.78, 5) is 12.6. The van der Waals surface area contributed by atoms with Gasteiger partial charge in [-0.3, -0.25) is 4.79 Å². The van der Waals surface area contributed by atoms with Gasteiger partial charge in [-0.05, 0) is 54.0 Å². The molecule has 0 amide bonds. The Morgan fingerprint density at radius 2 is 1.56 bits per heavy atom.